The van der Waals surface area contributed by atoms with Gasteiger partial charge in [0.05, 0.1) is 10.6 Å². The lowest BCUT2D eigenvalue weighted by Gasteiger charge is -2.34. The number of hydrogen-bond acceptors (Lipinski definition) is 4. The molecule has 0 radical (unpaired) electrons. The van der Waals surface area contributed by atoms with E-state index in [2.05, 4.69) is 5.32 Å². The summed E-state index contributed by atoms with van der Waals surface area (Å²) in [4.78, 5) is 30.0. The van der Waals surface area contributed by atoms with Crippen molar-refractivity contribution in [1.82, 2.24) is 10.2 Å². The molecule has 11 heteroatoms. The summed E-state index contributed by atoms with van der Waals surface area (Å²) in [6.07, 6.45) is 3.98. The molecule has 2 amide bonds. The normalized spacial score (nSPS) is 14.1. The topological polar surface area (TPSA) is 86.8 Å². The highest BCUT2D eigenvalue weighted by atomic mass is 35.5. The molecule has 1 aliphatic rings. The van der Waals surface area contributed by atoms with Crippen LogP contribution in [0.4, 0.5) is 5.69 Å². The molecule has 0 spiro atoms. The molecule has 240 valence electrons. The third-order valence-corrected chi connectivity index (χ3v) is 10.7. The average Bonchev–Trinajstić information content (AvgIpc) is 3.56. The number of anilines is 1. The van der Waals surface area contributed by atoms with Crippen molar-refractivity contribution >= 4 is 62.3 Å². The summed E-state index contributed by atoms with van der Waals surface area (Å²) in [7, 11) is -4.23. The summed E-state index contributed by atoms with van der Waals surface area (Å²) in [6, 6.07) is 27.6. The summed E-state index contributed by atoms with van der Waals surface area (Å²) in [5.74, 6) is -0.879. The number of rotatable bonds is 12. The number of nitrogens with zero attached hydrogens (tertiary/aromatic N) is 2. The van der Waals surface area contributed by atoms with E-state index in [-0.39, 0.29) is 29.8 Å². The lowest BCUT2D eigenvalue weighted by atomic mass is 10.0. The number of amides is 2. The second kappa shape index (κ2) is 15.4. The number of benzene rings is 4. The quantitative estimate of drug-likeness (QED) is 0.166. The largest absolute Gasteiger partial charge is 0.352 e. The van der Waals surface area contributed by atoms with Crippen LogP contribution in [0, 0.1) is 0 Å². The number of carbonyl (C=O) groups excluding carboxylic acids is 2. The molecule has 0 bridgehead atoms. The molecule has 5 rings (SSSR count). The fourth-order valence-electron chi connectivity index (χ4n) is 5.61. The van der Waals surface area contributed by atoms with E-state index in [1.54, 1.807) is 48.5 Å². The Bertz CT molecular complexity index is 1750. The van der Waals surface area contributed by atoms with Crippen LogP contribution >= 0.6 is 34.8 Å². The van der Waals surface area contributed by atoms with Crippen LogP contribution in [-0.2, 0) is 32.6 Å². The molecule has 1 N–H and O–H groups in total. The van der Waals surface area contributed by atoms with Crippen molar-refractivity contribution in [2.24, 2.45) is 0 Å². The highest BCUT2D eigenvalue weighted by Crippen LogP contribution is 2.28. The summed E-state index contributed by atoms with van der Waals surface area (Å²) in [5.41, 5.74) is 1.71. The van der Waals surface area contributed by atoms with E-state index in [0.29, 0.717) is 26.3 Å². The van der Waals surface area contributed by atoms with E-state index in [0.717, 1.165) is 35.6 Å². The van der Waals surface area contributed by atoms with Crippen LogP contribution in [0.3, 0.4) is 0 Å². The van der Waals surface area contributed by atoms with Gasteiger partial charge < -0.3 is 10.2 Å². The minimum absolute atomic E-state index is 0.00736. The maximum atomic E-state index is 14.6. The molecule has 0 saturated heterocycles. The predicted octanol–water partition coefficient (Wildman–Crippen LogP) is 7.54. The van der Waals surface area contributed by atoms with Crippen LogP contribution in [0.1, 0.15) is 36.8 Å². The van der Waals surface area contributed by atoms with Gasteiger partial charge in [-0.05, 0) is 72.5 Å². The monoisotopic (exact) mass is 697 g/mol. The van der Waals surface area contributed by atoms with Crippen LogP contribution in [0.2, 0.25) is 15.1 Å². The number of halogens is 3. The molecule has 4 aromatic rings. The Hall–Kier alpha value is -3.56. The molecular formula is C35H34Cl3N3O4S. The Balaban J connectivity index is 1.57. The Morgan fingerprint density at radius 3 is 2.04 bits per heavy atom. The van der Waals surface area contributed by atoms with Gasteiger partial charge in [-0.15, -0.1) is 0 Å². The first-order valence-corrected chi connectivity index (χ1v) is 17.6. The SMILES string of the molecule is O=C(NC1CCCC1)[C@@H](Cc1ccccc1)N(Cc1ccc(Cl)cc1Cl)C(=O)CN(c1ccccc1)S(=O)(=O)c1ccc(Cl)cc1. The van der Waals surface area contributed by atoms with Gasteiger partial charge in [-0.2, -0.15) is 0 Å². The van der Waals surface area contributed by atoms with Crippen molar-refractivity contribution in [2.75, 3.05) is 10.8 Å². The highest BCUT2D eigenvalue weighted by molar-refractivity contribution is 7.92. The van der Waals surface area contributed by atoms with Gasteiger partial charge in [0.1, 0.15) is 12.6 Å². The standard InChI is InChI=1S/C35H34Cl3N3O4S/c36-27-17-19-31(20-18-27)46(44,45)41(30-13-5-2-6-14-30)24-34(42)40(23-26-15-16-28(37)22-32(26)38)33(21-25-9-3-1-4-10-25)35(43)39-29-11-7-8-12-29/h1-6,9-10,13-20,22,29,33H,7-8,11-12,21,23-24H2,(H,39,43)/t33-/m1/s1. The number of para-hydroxylation sites is 1. The Labute approximate surface area is 285 Å². The number of hydrogen-bond donors (Lipinski definition) is 1. The Morgan fingerprint density at radius 2 is 1.41 bits per heavy atom. The minimum atomic E-state index is -4.23. The van der Waals surface area contributed by atoms with Gasteiger partial charge >= 0.3 is 0 Å². The molecule has 1 fully saturated rings. The van der Waals surface area contributed by atoms with Crippen molar-refractivity contribution in [3.8, 4) is 0 Å². The first-order valence-electron chi connectivity index (χ1n) is 15.0. The van der Waals surface area contributed by atoms with Gasteiger partial charge in [-0.1, -0.05) is 102 Å². The van der Waals surface area contributed by atoms with Crippen LogP contribution in [-0.4, -0.2) is 43.8 Å². The summed E-state index contributed by atoms with van der Waals surface area (Å²) in [6.45, 7) is -0.615. The molecule has 0 aromatic heterocycles. The third kappa shape index (κ3) is 8.42. The van der Waals surface area contributed by atoms with Gasteiger partial charge in [-0.25, -0.2) is 8.42 Å². The molecule has 0 unspecified atom stereocenters. The molecule has 4 aromatic carbocycles. The van der Waals surface area contributed by atoms with E-state index < -0.39 is 28.5 Å². The van der Waals surface area contributed by atoms with Crippen molar-refractivity contribution in [3.63, 3.8) is 0 Å². The van der Waals surface area contributed by atoms with Crippen molar-refractivity contribution in [1.29, 1.82) is 0 Å². The van der Waals surface area contributed by atoms with Crippen LogP contribution < -0.4 is 9.62 Å². The third-order valence-electron chi connectivity index (χ3n) is 8.05. The van der Waals surface area contributed by atoms with E-state index in [9.17, 15) is 18.0 Å². The lowest BCUT2D eigenvalue weighted by Crippen LogP contribution is -2.54. The van der Waals surface area contributed by atoms with Gasteiger partial charge in [0, 0.05) is 34.1 Å². The van der Waals surface area contributed by atoms with E-state index >= 15 is 0 Å². The Morgan fingerprint density at radius 1 is 0.804 bits per heavy atom. The predicted molar refractivity (Wildman–Crippen MR) is 184 cm³/mol. The molecule has 1 saturated carbocycles. The van der Waals surface area contributed by atoms with Crippen molar-refractivity contribution in [2.45, 2.75) is 55.6 Å². The highest BCUT2D eigenvalue weighted by Gasteiger charge is 2.35. The van der Waals surface area contributed by atoms with Crippen LogP contribution in [0.15, 0.2) is 108 Å². The van der Waals surface area contributed by atoms with Crippen molar-refractivity contribution in [3.05, 3.63) is 129 Å². The second-order valence-electron chi connectivity index (χ2n) is 11.3. The summed E-state index contributed by atoms with van der Waals surface area (Å²) >= 11 is 18.8. The maximum absolute atomic E-state index is 14.6. The molecule has 46 heavy (non-hydrogen) atoms. The minimum Gasteiger partial charge on any atom is -0.352 e. The van der Waals surface area contributed by atoms with Crippen LogP contribution in [0.5, 0.6) is 0 Å². The fraction of sp³-hybridized carbons (Fsp3) is 0.257. The number of nitrogens with one attached hydrogen (secondary N) is 1. The van der Waals surface area contributed by atoms with Gasteiger partial charge in [0.25, 0.3) is 10.0 Å². The molecule has 0 heterocycles. The van der Waals surface area contributed by atoms with E-state index in [1.807, 2.05) is 30.3 Å². The Kier molecular flexibility index (Phi) is 11.3. The molecular weight excluding hydrogens is 665 g/mol. The molecule has 7 nitrogen and oxygen atoms in total. The first-order chi connectivity index (χ1) is 22.1. The molecule has 1 aliphatic carbocycles. The van der Waals surface area contributed by atoms with Crippen molar-refractivity contribution < 1.29 is 18.0 Å². The van der Waals surface area contributed by atoms with Gasteiger partial charge in [-0.3, -0.25) is 13.9 Å². The molecule has 0 aliphatic heterocycles. The summed E-state index contributed by atoms with van der Waals surface area (Å²) < 4.78 is 29.2. The van der Waals surface area contributed by atoms with Gasteiger partial charge in [0.15, 0.2) is 0 Å². The molecule has 1 atom stereocenters. The lowest BCUT2D eigenvalue weighted by molar-refractivity contribution is -0.140. The average molecular weight is 699 g/mol. The zero-order chi connectivity index (χ0) is 32.7. The van der Waals surface area contributed by atoms with E-state index in [1.165, 1.54) is 29.2 Å². The number of sulfonamides is 1. The van der Waals surface area contributed by atoms with Gasteiger partial charge in [0.2, 0.25) is 11.8 Å². The number of carbonyl (C=O) groups is 2. The smallest absolute Gasteiger partial charge is 0.264 e. The van der Waals surface area contributed by atoms with E-state index in [4.69, 9.17) is 34.8 Å². The second-order valence-corrected chi connectivity index (χ2v) is 14.4. The fourth-order valence-corrected chi connectivity index (χ4v) is 7.62. The summed E-state index contributed by atoms with van der Waals surface area (Å²) in [5, 5.41) is 4.29. The maximum Gasteiger partial charge on any atom is 0.264 e. The van der Waals surface area contributed by atoms with Crippen LogP contribution in [0.25, 0.3) is 0 Å². The zero-order valence-electron chi connectivity index (χ0n) is 25.0. The zero-order valence-corrected chi connectivity index (χ0v) is 28.1. The first kappa shape index (κ1) is 33.8.